The van der Waals surface area contributed by atoms with E-state index in [-0.39, 0.29) is 17.7 Å². The summed E-state index contributed by atoms with van der Waals surface area (Å²) in [5, 5.41) is 10.0. The number of amides is 1. The molecule has 0 bridgehead atoms. The van der Waals surface area contributed by atoms with E-state index in [2.05, 4.69) is 20.5 Å². The normalized spacial score (nSPS) is 10.7. The van der Waals surface area contributed by atoms with E-state index < -0.39 is 0 Å². The van der Waals surface area contributed by atoms with Crippen molar-refractivity contribution in [3.63, 3.8) is 0 Å². The second kappa shape index (κ2) is 4.73. The van der Waals surface area contributed by atoms with E-state index >= 15 is 0 Å². The first-order valence-electron chi connectivity index (χ1n) is 6.03. The van der Waals surface area contributed by atoms with Gasteiger partial charge in [-0.15, -0.1) is 5.10 Å². The van der Waals surface area contributed by atoms with Gasteiger partial charge in [-0.05, 0) is 24.4 Å². The molecule has 3 aromatic rings. The maximum Gasteiger partial charge on any atom is 0.258 e. The SMILES string of the molecule is Cc1nc(NC(=O)c2ccc(F)c3ccccc23)n[nH]1. The standard InChI is InChI=1S/C14H11FN4O/c1-8-16-14(19-18-8)17-13(20)11-6-7-12(15)10-5-3-2-4-9(10)11/h2-7H,1H3,(H2,16,17,18,19,20). The van der Waals surface area contributed by atoms with Gasteiger partial charge in [-0.1, -0.05) is 24.3 Å². The summed E-state index contributed by atoms with van der Waals surface area (Å²) in [5.74, 6) is 0.0660. The van der Waals surface area contributed by atoms with Crippen molar-refractivity contribution < 1.29 is 9.18 Å². The second-order valence-electron chi connectivity index (χ2n) is 4.34. The van der Waals surface area contributed by atoms with Crippen LogP contribution in [0.1, 0.15) is 16.2 Å². The highest BCUT2D eigenvalue weighted by molar-refractivity contribution is 6.12. The third-order valence-corrected chi connectivity index (χ3v) is 2.94. The smallest absolute Gasteiger partial charge is 0.258 e. The second-order valence-corrected chi connectivity index (χ2v) is 4.34. The van der Waals surface area contributed by atoms with Gasteiger partial charge in [-0.2, -0.15) is 4.98 Å². The number of rotatable bonds is 2. The highest BCUT2D eigenvalue weighted by Gasteiger charge is 2.13. The summed E-state index contributed by atoms with van der Waals surface area (Å²) in [6, 6.07) is 9.56. The van der Waals surface area contributed by atoms with Gasteiger partial charge in [-0.3, -0.25) is 15.2 Å². The van der Waals surface area contributed by atoms with E-state index in [1.807, 2.05) is 0 Å². The van der Waals surface area contributed by atoms with Crippen LogP contribution in [-0.4, -0.2) is 21.1 Å². The first-order chi connectivity index (χ1) is 9.65. The molecule has 1 heterocycles. The average Bonchev–Trinajstić information content (AvgIpc) is 2.84. The lowest BCUT2D eigenvalue weighted by Crippen LogP contribution is -2.13. The number of carbonyl (C=O) groups is 1. The lowest BCUT2D eigenvalue weighted by molar-refractivity contribution is 0.102. The quantitative estimate of drug-likeness (QED) is 0.752. The Kier molecular flexibility index (Phi) is 2.90. The zero-order valence-corrected chi connectivity index (χ0v) is 10.6. The summed E-state index contributed by atoms with van der Waals surface area (Å²) in [4.78, 5) is 16.2. The number of nitrogens with one attached hydrogen (secondary N) is 2. The van der Waals surface area contributed by atoms with E-state index in [0.717, 1.165) is 0 Å². The summed E-state index contributed by atoms with van der Waals surface area (Å²) in [6.07, 6.45) is 0. The minimum Gasteiger partial charge on any atom is -0.289 e. The van der Waals surface area contributed by atoms with Crippen molar-refractivity contribution in [3.05, 3.63) is 53.6 Å². The Bertz CT molecular complexity index is 797. The molecule has 2 N–H and O–H groups in total. The number of benzene rings is 2. The molecule has 0 atom stereocenters. The Morgan fingerprint density at radius 3 is 2.65 bits per heavy atom. The van der Waals surface area contributed by atoms with Crippen LogP contribution in [0.4, 0.5) is 10.3 Å². The topological polar surface area (TPSA) is 70.7 Å². The lowest BCUT2D eigenvalue weighted by atomic mass is 10.0. The number of hydrogen-bond acceptors (Lipinski definition) is 3. The minimum absolute atomic E-state index is 0.195. The highest BCUT2D eigenvalue weighted by Crippen LogP contribution is 2.22. The molecule has 0 aliphatic heterocycles. The Balaban J connectivity index is 2.01. The number of aromatic nitrogens is 3. The van der Waals surface area contributed by atoms with Gasteiger partial charge in [0.15, 0.2) is 0 Å². The molecule has 0 fully saturated rings. The average molecular weight is 270 g/mol. The van der Waals surface area contributed by atoms with Crippen molar-refractivity contribution in [1.29, 1.82) is 0 Å². The van der Waals surface area contributed by atoms with E-state index in [1.165, 1.54) is 12.1 Å². The number of anilines is 1. The molecule has 0 saturated carbocycles. The molecule has 20 heavy (non-hydrogen) atoms. The zero-order valence-electron chi connectivity index (χ0n) is 10.6. The maximum atomic E-state index is 13.7. The fourth-order valence-electron chi connectivity index (χ4n) is 2.03. The van der Waals surface area contributed by atoms with Gasteiger partial charge in [0.05, 0.1) is 0 Å². The molecule has 0 unspecified atom stereocenters. The zero-order chi connectivity index (χ0) is 14.1. The van der Waals surface area contributed by atoms with Crippen molar-refractivity contribution in [2.75, 3.05) is 5.32 Å². The van der Waals surface area contributed by atoms with E-state index in [4.69, 9.17) is 0 Å². The molecule has 100 valence electrons. The van der Waals surface area contributed by atoms with Crippen LogP contribution in [0.15, 0.2) is 36.4 Å². The molecule has 6 heteroatoms. The Morgan fingerprint density at radius 1 is 1.20 bits per heavy atom. The van der Waals surface area contributed by atoms with Gasteiger partial charge in [-0.25, -0.2) is 4.39 Å². The number of aromatic amines is 1. The van der Waals surface area contributed by atoms with Crippen LogP contribution < -0.4 is 5.32 Å². The number of carbonyl (C=O) groups excluding carboxylic acids is 1. The van der Waals surface area contributed by atoms with Gasteiger partial charge in [0.2, 0.25) is 5.95 Å². The summed E-state index contributed by atoms with van der Waals surface area (Å²) >= 11 is 0. The largest absolute Gasteiger partial charge is 0.289 e. The molecule has 1 amide bonds. The first-order valence-corrected chi connectivity index (χ1v) is 6.03. The lowest BCUT2D eigenvalue weighted by Gasteiger charge is -2.06. The molecule has 0 aliphatic rings. The number of H-pyrrole nitrogens is 1. The predicted octanol–water partition coefficient (Wildman–Crippen LogP) is 2.66. The van der Waals surface area contributed by atoms with E-state index in [1.54, 1.807) is 31.2 Å². The molecule has 3 rings (SSSR count). The molecule has 0 radical (unpaired) electrons. The summed E-state index contributed by atoms with van der Waals surface area (Å²) < 4.78 is 13.7. The van der Waals surface area contributed by atoms with Crippen molar-refractivity contribution >= 4 is 22.6 Å². The van der Waals surface area contributed by atoms with Gasteiger partial charge in [0.25, 0.3) is 5.91 Å². The third kappa shape index (κ3) is 2.11. The molecule has 0 saturated heterocycles. The van der Waals surface area contributed by atoms with Crippen molar-refractivity contribution in [2.24, 2.45) is 0 Å². The maximum absolute atomic E-state index is 13.7. The number of fused-ring (bicyclic) bond motifs is 1. The Labute approximate surface area is 113 Å². The van der Waals surface area contributed by atoms with Crippen LogP contribution in [0.2, 0.25) is 0 Å². The van der Waals surface area contributed by atoms with Crippen LogP contribution in [0.3, 0.4) is 0 Å². The van der Waals surface area contributed by atoms with Crippen LogP contribution in [0, 0.1) is 12.7 Å². The van der Waals surface area contributed by atoms with Crippen molar-refractivity contribution in [3.8, 4) is 0 Å². The molecule has 0 aliphatic carbocycles. The predicted molar refractivity (Wildman–Crippen MR) is 73.0 cm³/mol. The number of hydrogen-bond donors (Lipinski definition) is 2. The third-order valence-electron chi connectivity index (χ3n) is 2.94. The Hall–Kier alpha value is -2.76. The Morgan fingerprint density at radius 2 is 1.95 bits per heavy atom. The van der Waals surface area contributed by atoms with Crippen LogP contribution in [-0.2, 0) is 0 Å². The fraction of sp³-hybridized carbons (Fsp3) is 0.0714. The minimum atomic E-state index is -0.375. The van der Waals surface area contributed by atoms with Gasteiger partial charge < -0.3 is 0 Å². The van der Waals surface area contributed by atoms with E-state index in [0.29, 0.717) is 22.2 Å². The van der Waals surface area contributed by atoms with Gasteiger partial charge in [0, 0.05) is 10.9 Å². The molecule has 1 aromatic heterocycles. The summed E-state index contributed by atoms with van der Waals surface area (Å²) in [7, 11) is 0. The van der Waals surface area contributed by atoms with Gasteiger partial charge in [0.1, 0.15) is 11.6 Å². The van der Waals surface area contributed by atoms with Crippen LogP contribution >= 0.6 is 0 Å². The highest BCUT2D eigenvalue weighted by atomic mass is 19.1. The molecule has 5 nitrogen and oxygen atoms in total. The molecular formula is C14H11FN4O. The first kappa shape index (κ1) is 12.3. The van der Waals surface area contributed by atoms with Crippen LogP contribution in [0.25, 0.3) is 10.8 Å². The van der Waals surface area contributed by atoms with Crippen molar-refractivity contribution in [2.45, 2.75) is 6.92 Å². The van der Waals surface area contributed by atoms with Gasteiger partial charge >= 0.3 is 0 Å². The molecule has 0 spiro atoms. The van der Waals surface area contributed by atoms with Crippen molar-refractivity contribution in [1.82, 2.24) is 15.2 Å². The monoisotopic (exact) mass is 270 g/mol. The summed E-state index contributed by atoms with van der Waals surface area (Å²) in [6.45, 7) is 1.73. The van der Waals surface area contributed by atoms with Crippen LogP contribution in [0.5, 0.6) is 0 Å². The number of aryl methyl sites for hydroxylation is 1. The van der Waals surface area contributed by atoms with E-state index in [9.17, 15) is 9.18 Å². The number of nitrogens with zero attached hydrogens (tertiary/aromatic N) is 2. The molecular weight excluding hydrogens is 259 g/mol. The summed E-state index contributed by atoms with van der Waals surface area (Å²) in [5.41, 5.74) is 0.379. The molecule has 2 aromatic carbocycles. The number of halogens is 1. The fourth-order valence-corrected chi connectivity index (χ4v) is 2.03.